The number of nitrogens with one attached hydrogen (secondary N) is 1. The maximum Gasteiger partial charge on any atom is 0.160 e. The van der Waals surface area contributed by atoms with Gasteiger partial charge < -0.3 is 9.88 Å². The molecule has 0 amide bonds. The Morgan fingerprint density at radius 1 is 1.15 bits per heavy atom. The Morgan fingerprint density at radius 2 is 2.06 bits per heavy atom. The molecule has 10 nitrogen and oxygen atoms in total. The van der Waals surface area contributed by atoms with Crippen molar-refractivity contribution in [1.82, 2.24) is 29.7 Å². The molecular weight excluding hydrogens is 416 g/mol. The summed E-state index contributed by atoms with van der Waals surface area (Å²) in [4.78, 5) is 17.8. The van der Waals surface area contributed by atoms with Crippen molar-refractivity contribution in [2.45, 2.75) is 18.9 Å². The zero-order chi connectivity index (χ0) is 22.8. The first-order valence-corrected chi connectivity index (χ1v) is 10.5. The standard InChI is InChI=1S/C23H18N10/c24-5-1-20(15-4-8-32(12-15)21-3-7-27-19(10-26)18(21)9-25)33-13-16(11-31-33)22-17-2-6-28-23(17)30-14-29-22/h2-3,6-7,11,13-15,20H,1,4,8,12H2,(H,28,29,30)/t15-,20-/m0/s1. The Hall–Kier alpha value is -4.75. The van der Waals surface area contributed by atoms with E-state index in [9.17, 15) is 15.8 Å². The predicted octanol–water partition coefficient (Wildman–Crippen LogP) is 2.94. The molecule has 1 saturated heterocycles. The van der Waals surface area contributed by atoms with E-state index in [-0.39, 0.29) is 23.2 Å². The number of hydrogen-bond acceptors (Lipinski definition) is 8. The summed E-state index contributed by atoms with van der Waals surface area (Å²) in [6.45, 7) is 1.38. The van der Waals surface area contributed by atoms with Gasteiger partial charge in [-0.3, -0.25) is 4.68 Å². The van der Waals surface area contributed by atoms with E-state index in [1.807, 2.05) is 29.2 Å². The smallest absolute Gasteiger partial charge is 0.160 e. The molecule has 2 atom stereocenters. The predicted molar refractivity (Wildman–Crippen MR) is 118 cm³/mol. The second-order valence-electron chi connectivity index (χ2n) is 7.87. The molecule has 1 N–H and O–H groups in total. The van der Waals surface area contributed by atoms with E-state index in [1.54, 1.807) is 18.5 Å². The van der Waals surface area contributed by atoms with Crippen molar-refractivity contribution < 1.29 is 0 Å². The monoisotopic (exact) mass is 434 g/mol. The molecule has 5 rings (SSSR count). The van der Waals surface area contributed by atoms with Gasteiger partial charge in [-0.05, 0) is 18.6 Å². The van der Waals surface area contributed by atoms with Crippen LogP contribution >= 0.6 is 0 Å². The highest BCUT2D eigenvalue weighted by Crippen LogP contribution is 2.35. The van der Waals surface area contributed by atoms with Crippen LogP contribution < -0.4 is 4.90 Å². The number of rotatable bonds is 5. The van der Waals surface area contributed by atoms with Gasteiger partial charge in [-0.15, -0.1) is 0 Å². The average Bonchev–Trinajstić information content (AvgIpc) is 3.62. The van der Waals surface area contributed by atoms with E-state index in [0.717, 1.165) is 35.3 Å². The molecule has 0 radical (unpaired) electrons. The molecule has 0 aliphatic carbocycles. The molecule has 4 aromatic heterocycles. The maximum atomic E-state index is 9.56. The summed E-state index contributed by atoms with van der Waals surface area (Å²) in [5, 5.41) is 33.8. The van der Waals surface area contributed by atoms with Crippen molar-refractivity contribution in [3.05, 3.63) is 54.5 Å². The molecule has 0 bridgehead atoms. The van der Waals surface area contributed by atoms with Gasteiger partial charge in [0, 0.05) is 48.5 Å². The largest absolute Gasteiger partial charge is 0.370 e. The quantitative estimate of drug-likeness (QED) is 0.504. The molecule has 0 aromatic carbocycles. The van der Waals surface area contributed by atoms with Crippen molar-refractivity contribution in [2.75, 3.05) is 18.0 Å². The van der Waals surface area contributed by atoms with Gasteiger partial charge in [0.15, 0.2) is 5.69 Å². The summed E-state index contributed by atoms with van der Waals surface area (Å²) in [6, 6.07) is 9.98. The molecule has 10 heteroatoms. The van der Waals surface area contributed by atoms with E-state index in [0.29, 0.717) is 18.7 Å². The van der Waals surface area contributed by atoms with Gasteiger partial charge in [-0.1, -0.05) is 0 Å². The topological polar surface area (TPSA) is 147 Å². The molecular formula is C23H18N10. The normalized spacial score (nSPS) is 16.3. The minimum atomic E-state index is -0.125. The van der Waals surface area contributed by atoms with Crippen LogP contribution in [0.2, 0.25) is 0 Å². The van der Waals surface area contributed by atoms with Crippen molar-refractivity contribution >= 4 is 16.7 Å². The third-order valence-corrected chi connectivity index (χ3v) is 6.13. The molecule has 1 aliphatic heterocycles. The van der Waals surface area contributed by atoms with Crippen molar-refractivity contribution in [2.24, 2.45) is 5.92 Å². The van der Waals surface area contributed by atoms with Crippen molar-refractivity contribution in [1.29, 1.82) is 15.8 Å². The third-order valence-electron chi connectivity index (χ3n) is 6.13. The SMILES string of the molecule is N#CC[C@@H]([C@H]1CCN(c2ccnc(C#N)c2C#N)C1)n1cc(-c2ncnc3[nH]ccc23)cn1. The third kappa shape index (κ3) is 3.52. The first-order valence-electron chi connectivity index (χ1n) is 10.5. The number of H-pyrrole nitrogens is 1. The Kier molecular flexibility index (Phi) is 5.14. The van der Waals surface area contributed by atoms with Gasteiger partial charge in [0.05, 0.1) is 36.1 Å². The fourth-order valence-corrected chi connectivity index (χ4v) is 4.54. The van der Waals surface area contributed by atoms with Crippen LogP contribution in [0.5, 0.6) is 0 Å². The number of nitrogens with zero attached hydrogens (tertiary/aromatic N) is 9. The highest BCUT2D eigenvalue weighted by Gasteiger charge is 2.33. The zero-order valence-electron chi connectivity index (χ0n) is 17.5. The lowest BCUT2D eigenvalue weighted by Crippen LogP contribution is -2.25. The maximum absolute atomic E-state index is 9.56. The Morgan fingerprint density at radius 3 is 2.88 bits per heavy atom. The summed E-state index contributed by atoms with van der Waals surface area (Å²) in [5.41, 5.74) is 3.53. The van der Waals surface area contributed by atoms with E-state index in [1.165, 1.54) is 6.33 Å². The molecule has 33 heavy (non-hydrogen) atoms. The summed E-state index contributed by atoms with van der Waals surface area (Å²) >= 11 is 0. The number of aromatic nitrogens is 6. The molecule has 1 fully saturated rings. The fourth-order valence-electron chi connectivity index (χ4n) is 4.54. The second-order valence-corrected chi connectivity index (χ2v) is 7.87. The minimum Gasteiger partial charge on any atom is -0.370 e. The summed E-state index contributed by atoms with van der Waals surface area (Å²) in [7, 11) is 0. The van der Waals surface area contributed by atoms with Crippen LogP contribution in [0.15, 0.2) is 43.2 Å². The van der Waals surface area contributed by atoms with Crippen LogP contribution in [0.3, 0.4) is 0 Å². The van der Waals surface area contributed by atoms with Crippen LogP contribution in [-0.2, 0) is 0 Å². The van der Waals surface area contributed by atoms with E-state index in [2.05, 4.69) is 42.1 Å². The number of nitriles is 3. The van der Waals surface area contributed by atoms with Crippen molar-refractivity contribution in [3.63, 3.8) is 0 Å². The van der Waals surface area contributed by atoms with Gasteiger partial charge in [-0.2, -0.15) is 20.9 Å². The minimum absolute atomic E-state index is 0.125. The first-order chi connectivity index (χ1) is 16.2. The number of anilines is 1. The molecule has 0 spiro atoms. The average molecular weight is 434 g/mol. The lowest BCUT2D eigenvalue weighted by molar-refractivity contribution is 0.332. The van der Waals surface area contributed by atoms with Crippen molar-refractivity contribution in [3.8, 4) is 29.5 Å². The van der Waals surface area contributed by atoms with E-state index in [4.69, 9.17) is 0 Å². The van der Waals surface area contributed by atoms with Crippen LogP contribution in [0, 0.1) is 39.9 Å². The second kappa shape index (κ2) is 8.41. The van der Waals surface area contributed by atoms with Gasteiger partial charge in [0.2, 0.25) is 0 Å². The summed E-state index contributed by atoms with van der Waals surface area (Å²) < 4.78 is 1.85. The lowest BCUT2D eigenvalue weighted by Gasteiger charge is -2.24. The number of pyridine rings is 1. The summed E-state index contributed by atoms with van der Waals surface area (Å²) in [5.74, 6) is 0.153. The Bertz CT molecular complexity index is 1440. The molecule has 4 aromatic rings. The van der Waals surface area contributed by atoms with Crippen LogP contribution in [0.4, 0.5) is 5.69 Å². The molecule has 1 aliphatic rings. The van der Waals surface area contributed by atoms with Crippen LogP contribution in [0.1, 0.15) is 30.1 Å². The number of hydrogen-bond donors (Lipinski definition) is 1. The van der Waals surface area contributed by atoms with Gasteiger partial charge in [0.1, 0.15) is 29.7 Å². The van der Waals surface area contributed by atoms with E-state index >= 15 is 0 Å². The Balaban J connectivity index is 1.43. The molecule has 5 heterocycles. The molecule has 0 unspecified atom stereocenters. The van der Waals surface area contributed by atoms with Gasteiger partial charge in [-0.25, -0.2) is 15.0 Å². The van der Waals surface area contributed by atoms with Gasteiger partial charge in [0.25, 0.3) is 0 Å². The van der Waals surface area contributed by atoms with E-state index < -0.39 is 0 Å². The number of aromatic amines is 1. The number of fused-ring (bicyclic) bond motifs is 1. The van der Waals surface area contributed by atoms with Crippen LogP contribution in [-0.4, -0.2) is 42.8 Å². The Labute approximate surface area is 189 Å². The summed E-state index contributed by atoms with van der Waals surface area (Å²) in [6.07, 6.45) is 9.75. The van der Waals surface area contributed by atoms with Crippen LogP contribution in [0.25, 0.3) is 22.3 Å². The van der Waals surface area contributed by atoms with Gasteiger partial charge >= 0.3 is 0 Å². The zero-order valence-corrected chi connectivity index (χ0v) is 17.5. The fraction of sp³-hybridized carbons (Fsp3) is 0.261. The highest BCUT2D eigenvalue weighted by molar-refractivity contribution is 5.89. The lowest BCUT2D eigenvalue weighted by atomic mass is 9.96. The first kappa shape index (κ1) is 20.2. The highest BCUT2D eigenvalue weighted by atomic mass is 15.3. The molecule has 160 valence electrons. The molecule has 0 saturated carbocycles.